The molecule has 3 heteroatoms. The predicted molar refractivity (Wildman–Crippen MR) is 76.6 cm³/mol. The monoisotopic (exact) mass is 269 g/mol. The van der Waals surface area contributed by atoms with Crippen molar-refractivity contribution < 1.29 is 0 Å². The molecule has 0 bridgehead atoms. The average Bonchev–Trinajstić information content (AvgIpc) is 2.70. The van der Waals surface area contributed by atoms with E-state index in [1.807, 2.05) is 11.9 Å². The maximum atomic E-state index is 5.83. The predicted octanol–water partition coefficient (Wildman–Crippen LogP) is 4.65. The van der Waals surface area contributed by atoms with Crippen molar-refractivity contribution in [3.63, 3.8) is 0 Å². The van der Waals surface area contributed by atoms with Crippen molar-refractivity contribution in [2.45, 2.75) is 43.5 Å². The molecular weight excluding hydrogens is 250 g/mol. The lowest BCUT2D eigenvalue weighted by atomic mass is 9.84. The summed E-state index contributed by atoms with van der Waals surface area (Å²) in [5.74, 6) is 0.747. The van der Waals surface area contributed by atoms with E-state index in [9.17, 15) is 0 Å². The zero-order valence-electron chi connectivity index (χ0n) is 10.6. The second-order valence-electron chi connectivity index (χ2n) is 4.47. The molecule has 1 aliphatic heterocycles. The van der Waals surface area contributed by atoms with Crippen molar-refractivity contribution >= 4 is 23.5 Å². The molecule has 1 heterocycles. The molecule has 1 aromatic rings. The first-order valence-electron chi connectivity index (χ1n) is 6.39. The first-order chi connectivity index (χ1) is 8.28. The maximum Gasteiger partial charge on any atom is 0.0571 e. The highest BCUT2D eigenvalue weighted by Gasteiger charge is 2.42. The van der Waals surface area contributed by atoms with E-state index in [-0.39, 0.29) is 5.54 Å². The second-order valence-corrected chi connectivity index (χ2v) is 5.91. The molecule has 0 fully saturated rings. The van der Waals surface area contributed by atoms with Crippen LogP contribution in [0.15, 0.2) is 29.2 Å². The molecule has 0 saturated heterocycles. The molecule has 0 amide bonds. The summed E-state index contributed by atoms with van der Waals surface area (Å²) in [5, 5.41) is 0. The van der Waals surface area contributed by atoms with Crippen molar-refractivity contribution in [3.05, 3.63) is 29.8 Å². The Balaban J connectivity index is 2.33. The van der Waals surface area contributed by atoms with Gasteiger partial charge in [-0.3, -0.25) is 0 Å². The minimum absolute atomic E-state index is 0.216. The van der Waals surface area contributed by atoms with Crippen LogP contribution < -0.4 is 0 Å². The van der Waals surface area contributed by atoms with Crippen molar-refractivity contribution in [1.29, 1.82) is 0 Å². The largest absolute Gasteiger partial charge is 0.236 e. The molecule has 0 unspecified atom stereocenters. The van der Waals surface area contributed by atoms with E-state index < -0.39 is 0 Å². The molecule has 0 saturated carbocycles. The van der Waals surface area contributed by atoms with E-state index in [0.29, 0.717) is 0 Å². The number of alkyl halides is 1. The zero-order valence-corrected chi connectivity index (χ0v) is 12.2. The van der Waals surface area contributed by atoms with Crippen LogP contribution in [0.4, 0.5) is 0 Å². The van der Waals surface area contributed by atoms with Gasteiger partial charge in [0.15, 0.2) is 0 Å². The van der Waals surface area contributed by atoms with Gasteiger partial charge in [-0.2, -0.15) is 0 Å². The summed E-state index contributed by atoms with van der Waals surface area (Å²) >= 11 is 7.74. The van der Waals surface area contributed by atoms with Gasteiger partial charge in [-0.25, -0.2) is 4.31 Å². The molecule has 0 atom stereocenters. The van der Waals surface area contributed by atoms with Gasteiger partial charge in [0.2, 0.25) is 0 Å². The van der Waals surface area contributed by atoms with Gasteiger partial charge in [-0.1, -0.05) is 32.0 Å². The first kappa shape index (κ1) is 13.3. The highest BCUT2D eigenvalue weighted by molar-refractivity contribution is 7.97. The van der Waals surface area contributed by atoms with Crippen LogP contribution in [0, 0.1) is 0 Å². The average molecular weight is 270 g/mol. The molecule has 0 aromatic heterocycles. The summed E-state index contributed by atoms with van der Waals surface area (Å²) in [6.45, 7) is 5.66. The molecule has 0 spiro atoms. The van der Waals surface area contributed by atoms with Crippen LogP contribution in [-0.4, -0.2) is 16.7 Å². The van der Waals surface area contributed by atoms with Crippen molar-refractivity contribution in [2.75, 3.05) is 12.4 Å². The Morgan fingerprint density at radius 3 is 2.59 bits per heavy atom. The second kappa shape index (κ2) is 5.64. The lowest BCUT2D eigenvalue weighted by molar-refractivity contribution is 0.195. The number of halogens is 1. The molecule has 0 aliphatic carbocycles. The van der Waals surface area contributed by atoms with Crippen LogP contribution in [0.2, 0.25) is 0 Å². The highest BCUT2D eigenvalue weighted by atomic mass is 35.5. The van der Waals surface area contributed by atoms with E-state index in [1.54, 1.807) is 0 Å². The number of rotatable bonds is 5. The van der Waals surface area contributed by atoms with Crippen molar-refractivity contribution in [2.24, 2.45) is 0 Å². The maximum absolute atomic E-state index is 5.83. The van der Waals surface area contributed by atoms with Crippen LogP contribution in [-0.2, 0) is 5.54 Å². The number of fused-ring (bicyclic) bond motifs is 1. The Labute approximate surface area is 114 Å². The van der Waals surface area contributed by atoms with Gasteiger partial charge in [-0.05, 0) is 42.8 Å². The minimum atomic E-state index is 0.216. The summed E-state index contributed by atoms with van der Waals surface area (Å²) in [5.41, 5.74) is 1.72. The molecule has 1 nitrogen and oxygen atoms in total. The lowest BCUT2D eigenvalue weighted by Crippen LogP contribution is -2.38. The van der Waals surface area contributed by atoms with Crippen LogP contribution in [0.25, 0.3) is 0 Å². The third-order valence-corrected chi connectivity index (χ3v) is 5.31. The standard InChI is InChI=1S/C14H20ClNS/c1-3-14(4-2)12-8-5-6-9-13(12)17-16(14)11-7-10-15/h5-6,8-9H,3-4,7,10-11H2,1-2H3. The van der Waals surface area contributed by atoms with Gasteiger partial charge in [0.1, 0.15) is 0 Å². The summed E-state index contributed by atoms with van der Waals surface area (Å²) < 4.78 is 2.54. The molecule has 0 N–H and O–H groups in total. The molecular formula is C14H20ClNS. The summed E-state index contributed by atoms with van der Waals surface area (Å²) in [6, 6.07) is 8.81. The van der Waals surface area contributed by atoms with E-state index in [0.717, 1.165) is 31.7 Å². The van der Waals surface area contributed by atoms with Crippen molar-refractivity contribution in [1.82, 2.24) is 4.31 Å². The zero-order chi connectivity index (χ0) is 12.3. The van der Waals surface area contributed by atoms with Gasteiger partial charge in [-0.15, -0.1) is 11.6 Å². The highest BCUT2D eigenvalue weighted by Crippen LogP contribution is 2.51. The molecule has 1 aromatic carbocycles. The fourth-order valence-electron chi connectivity index (χ4n) is 2.72. The summed E-state index contributed by atoms with van der Waals surface area (Å²) in [4.78, 5) is 1.42. The summed E-state index contributed by atoms with van der Waals surface area (Å²) in [6.07, 6.45) is 3.38. The normalized spacial score (nSPS) is 18.3. The van der Waals surface area contributed by atoms with E-state index in [2.05, 4.69) is 42.4 Å². The topological polar surface area (TPSA) is 3.24 Å². The van der Waals surface area contributed by atoms with E-state index >= 15 is 0 Å². The number of hydrogen-bond donors (Lipinski definition) is 0. The molecule has 2 rings (SSSR count). The van der Waals surface area contributed by atoms with Gasteiger partial charge in [0.25, 0.3) is 0 Å². The number of benzene rings is 1. The third kappa shape index (κ3) is 2.23. The van der Waals surface area contributed by atoms with E-state index in [1.165, 1.54) is 10.5 Å². The van der Waals surface area contributed by atoms with Gasteiger partial charge < -0.3 is 0 Å². The van der Waals surface area contributed by atoms with Crippen LogP contribution in [0.1, 0.15) is 38.7 Å². The molecule has 94 valence electrons. The quantitative estimate of drug-likeness (QED) is 0.565. The smallest absolute Gasteiger partial charge is 0.0571 e. The van der Waals surface area contributed by atoms with Crippen LogP contribution in [0.5, 0.6) is 0 Å². The molecule has 1 aliphatic rings. The number of hydrogen-bond acceptors (Lipinski definition) is 2. The lowest BCUT2D eigenvalue weighted by Gasteiger charge is -2.36. The Morgan fingerprint density at radius 2 is 1.94 bits per heavy atom. The van der Waals surface area contributed by atoms with Gasteiger partial charge >= 0.3 is 0 Å². The molecule has 17 heavy (non-hydrogen) atoms. The fraction of sp³-hybridized carbons (Fsp3) is 0.571. The Morgan fingerprint density at radius 1 is 1.24 bits per heavy atom. The Hall–Kier alpha value is -0.180. The van der Waals surface area contributed by atoms with E-state index in [4.69, 9.17) is 11.6 Å². The SMILES string of the molecule is CCC1(CC)c2ccccc2SN1CCCCl. The van der Waals surface area contributed by atoms with Gasteiger partial charge in [0, 0.05) is 17.3 Å². The Bertz CT molecular complexity index is 376. The minimum Gasteiger partial charge on any atom is -0.236 e. The number of nitrogens with zero attached hydrogens (tertiary/aromatic N) is 1. The van der Waals surface area contributed by atoms with Crippen LogP contribution in [0.3, 0.4) is 0 Å². The first-order valence-corrected chi connectivity index (χ1v) is 7.70. The fourth-order valence-corrected chi connectivity index (χ4v) is 4.32. The Kier molecular flexibility index (Phi) is 4.40. The molecule has 0 radical (unpaired) electrons. The summed E-state index contributed by atoms with van der Waals surface area (Å²) in [7, 11) is 0. The van der Waals surface area contributed by atoms with Gasteiger partial charge in [0.05, 0.1) is 5.54 Å². The van der Waals surface area contributed by atoms with Crippen LogP contribution >= 0.6 is 23.5 Å². The van der Waals surface area contributed by atoms with Crippen molar-refractivity contribution in [3.8, 4) is 0 Å². The third-order valence-electron chi connectivity index (χ3n) is 3.74.